The Kier molecular flexibility index (Phi) is 3.84. The van der Waals surface area contributed by atoms with E-state index in [0.717, 1.165) is 30.2 Å². The number of nitrogens with one attached hydrogen (secondary N) is 1. The molecule has 1 aromatic carbocycles. The quantitative estimate of drug-likeness (QED) is 0.895. The summed E-state index contributed by atoms with van der Waals surface area (Å²) in [5.74, 6) is -0.100. The molecule has 3 rings (SSSR count). The van der Waals surface area contributed by atoms with Crippen molar-refractivity contribution in [2.75, 3.05) is 0 Å². The molecule has 5 heteroatoms. The summed E-state index contributed by atoms with van der Waals surface area (Å²) in [6.07, 6.45) is 4.40. The molecular formula is C17H17ClN2O2. The van der Waals surface area contributed by atoms with Gasteiger partial charge in [-0.05, 0) is 25.8 Å². The Morgan fingerprint density at radius 1 is 1.36 bits per heavy atom. The van der Waals surface area contributed by atoms with Gasteiger partial charge in [-0.2, -0.15) is 5.26 Å². The van der Waals surface area contributed by atoms with E-state index in [1.807, 2.05) is 19.1 Å². The molecule has 1 saturated carbocycles. The van der Waals surface area contributed by atoms with Crippen molar-refractivity contribution < 1.29 is 9.21 Å². The summed E-state index contributed by atoms with van der Waals surface area (Å²) in [4.78, 5) is 12.6. The van der Waals surface area contributed by atoms with Gasteiger partial charge in [0.2, 0.25) is 0 Å². The lowest BCUT2D eigenvalue weighted by atomic mass is 9.83. The predicted molar refractivity (Wildman–Crippen MR) is 84.9 cm³/mol. The van der Waals surface area contributed by atoms with Crippen molar-refractivity contribution in [3.63, 3.8) is 0 Å². The molecule has 0 unspecified atom stereocenters. The van der Waals surface area contributed by atoms with E-state index in [2.05, 4.69) is 11.4 Å². The Balaban J connectivity index is 1.94. The molecule has 2 aromatic rings. The van der Waals surface area contributed by atoms with E-state index in [9.17, 15) is 10.1 Å². The smallest absolute Gasteiger partial charge is 0.288 e. The standard InChI is InChI=1S/C17H17ClN2O2/c1-11-12-6-5-7-13(18)15(12)22-14(11)16(21)20-17(10-19)8-3-2-4-9-17/h5-7H,2-4,8-9H2,1H3,(H,20,21). The zero-order chi connectivity index (χ0) is 15.7. The van der Waals surface area contributed by atoms with Crippen molar-refractivity contribution in [2.45, 2.75) is 44.6 Å². The van der Waals surface area contributed by atoms with Crippen molar-refractivity contribution in [3.8, 4) is 6.07 Å². The van der Waals surface area contributed by atoms with Gasteiger partial charge in [0.05, 0.1) is 11.1 Å². The predicted octanol–water partition coefficient (Wildman–Crippen LogP) is 4.35. The summed E-state index contributed by atoms with van der Waals surface area (Å²) in [6, 6.07) is 7.71. The molecule has 0 saturated heterocycles. The Bertz CT molecular complexity index is 767. The summed E-state index contributed by atoms with van der Waals surface area (Å²) in [6.45, 7) is 1.83. The van der Waals surface area contributed by atoms with Gasteiger partial charge in [0, 0.05) is 10.9 Å². The SMILES string of the molecule is Cc1c(C(=O)NC2(C#N)CCCCC2)oc2c(Cl)cccc12. The van der Waals surface area contributed by atoms with Crippen LogP contribution in [0.4, 0.5) is 0 Å². The highest BCUT2D eigenvalue weighted by atomic mass is 35.5. The number of hydrogen-bond donors (Lipinski definition) is 1. The van der Waals surface area contributed by atoms with Crippen molar-refractivity contribution in [1.82, 2.24) is 5.32 Å². The van der Waals surface area contributed by atoms with Gasteiger partial charge in [-0.15, -0.1) is 0 Å². The molecule has 1 heterocycles. The molecule has 0 radical (unpaired) electrons. The molecule has 0 bridgehead atoms. The average molecular weight is 317 g/mol. The fourth-order valence-electron chi connectivity index (χ4n) is 3.12. The van der Waals surface area contributed by atoms with Crippen LogP contribution in [0.1, 0.15) is 48.2 Å². The molecule has 1 aliphatic carbocycles. The average Bonchev–Trinajstić information content (AvgIpc) is 2.87. The largest absolute Gasteiger partial charge is 0.449 e. The zero-order valence-corrected chi connectivity index (χ0v) is 13.2. The summed E-state index contributed by atoms with van der Waals surface area (Å²) >= 11 is 6.12. The van der Waals surface area contributed by atoms with E-state index in [0.29, 0.717) is 23.4 Å². The number of carbonyl (C=O) groups excluding carboxylic acids is 1. The summed E-state index contributed by atoms with van der Waals surface area (Å²) < 4.78 is 5.67. The highest BCUT2D eigenvalue weighted by molar-refractivity contribution is 6.35. The molecule has 1 fully saturated rings. The first-order valence-electron chi connectivity index (χ1n) is 7.48. The molecule has 0 aliphatic heterocycles. The fraction of sp³-hybridized carbons (Fsp3) is 0.412. The van der Waals surface area contributed by atoms with Crippen LogP contribution in [0.15, 0.2) is 22.6 Å². The van der Waals surface area contributed by atoms with Crippen LogP contribution in [0.25, 0.3) is 11.0 Å². The summed E-state index contributed by atoms with van der Waals surface area (Å²) in [5, 5.41) is 13.7. The Hall–Kier alpha value is -1.99. The van der Waals surface area contributed by atoms with E-state index in [-0.39, 0.29) is 11.7 Å². The van der Waals surface area contributed by atoms with Gasteiger partial charge in [0.1, 0.15) is 5.54 Å². The summed E-state index contributed by atoms with van der Waals surface area (Å²) in [7, 11) is 0. The molecule has 0 spiro atoms. The van der Waals surface area contributed by atoms with E-state index in [1.54, 1.807) is 6.07 Å². The minimum atomic E-state index is -0.773. The highest BCUT2D eigenvalue weighted by Crippen LogP contribution is 2.32. The number of benzene rings is 1. The first kappa shape index (κ1) is 14.9. The lowest BCUT2D eigenvalue weighted by Crippen LogP contribution is -2.48. The number of rotatable bonds is 2. The van der Waals surface area contributed by atoms with Gasteiger partial charge < -0.3 is 9.73 Å². The van der Waals surface area contributed by atoms with Crippen molar-refractivity contribution in [2.24, 2.45) is 0 Å². The van der Waals surface area contributed by atoms with Gasteiger partial charge in [-0.25, -0.2) is 0 Å². The van der Waals surface area contributed by atoms with E-state index in [4.69, 9.17) is 16.0 Å². The van der Waals surface area contributed by atoms with Crippen molar-refractivity contribution in [1.29, 1.82) is 5.26 Å². The number of nitrogens with zero attached hydrogens (tertiary/aromatic N) is 1. The third kappa shape index (κ3) is 2.46. The number of hydrogen-bond acceptors (Lipinski definition) is 3. The maximum atomic E-state index is 12.6. The molecule has 0 atom stereocenters. The first-order valence-corrected chi connectivity index (χ1v) is 7.85. The number of nitriles is 1. The number of para-hydroxylation sites is 1. The Morgan fingerprint density at radius 2 is 2.09 bits per heavy atom. The lowest BCUT2D eigenvalue weighted by molar-refractivity contribution is 0.0875. The monoisotopic (exact) mass is 316 g/mol. The van der Waals surface area contributed by atoms with E-state index >= 15 is 0 Å². The van der Waals surface area contributed by atoms with Crippen LogP contribution in [0.3, 0.4) is 0 Å². The Labute approximate surface area is 134 Å². The Morgan fingerprint density at radius 3 is 2.73 bits per heavy atom. The maximum Gasteiger partial charge on any atom is 0.288 e. The third-order valence-electron chi connectivity index (χ3n) is 4.40. The van der Waals surface area contributed by atoms with Crippen LogP contribution in [-0.4, -0.2) is 11.4 Å². The normalized spacial score (nSPS) is 17.1. The first-order chi connectivity index (χ1) is 10.6. The topological polar surface area (TPSA) is 66.0 Å². The van der Waals surface area contributed by atoms with Crippen LogP contribution < -0.4 is 5.32 Å². The summed E-state index contributed by atoms with van der Waals surface area (Å²) in [5.41, 5.74) is 0.491. The van der Waals surface area contributed by atoms with Gasteiger partial charge in [0.15, 0.2) is 11.3 Å². The number of furan rings is 1. The number of fused-ring (bicyclic) bond motifs is 1. The van der Waals surface area contributed by atoms with E-state index < -0.39 is 5.54 Å². The minimum Gasteiger partial charge on any atom is -0.449 e. The number of halogens is 1. The third-order valence-corrected chi connectivity index (χ3v) is 4.69. The minimum absolute atomic E-state index is 0.239. The molecule has 1 amide bonds. The molecular weight excluding hydrogens is 300 g/mol. The molecule has 114 valence electrons. The second-order valence-electron chi connectivity index (χ2n) is 5.88. The second kappa shape index (κ2) is 5.66. The lowest BCUT2D eigenvalue weighted by Gasteiger charge is -2.31. The van der Waals surface area contributed by atoms with Gasteiger partial charge in [-0.1, -0.05) is 43.0 Å². The number of carbonyl (C=O) groups is 1. The second-order valence-corrected chi connectivity index (χ2v) is 6.29. The van der Waals surface area contributed by atoms with E-state index in [1.165, 1.54) is 0 Å². The van der Waals surface area contributed by atoms with Crippen LogP contribution >= 0.6 is 11.6 Å². The zero-order valence-electron chi connectivity index (χ0n) is 12.4. The molecule has 1 aromatic heterocycles. The molecule has 4 nitrogen and oxygen atoms in total. The molecule has 1 N–H and O–H groups in total. The number of aryl methyl sites for hydroxylation is 1. The number of amides is 1. The van der Waals surface area contributed by atoms with Gasteiger partial charge >= 0.3 is 0 Å². The van der Waals surface area contributed by atoms with Crippen molar-refractivity contribution in [3.05, 3.63) is 34.5 Å². The van der Waals surface area contributed by atoms with Gasteiger partial charge in [0.25, 0.3) is 5.91 Å². The molecule has 1 aliphatic rings. The highest BCUT2D eigenvalue weighted by Gasteiger charge is 2.35. The van der Waals surface area contributed by atoms with Crippen molar-refractivity contribution >= 4 is 28.5 Å². The van der Waals surface area contributed by atoms with Crippen LogP contribution in [0.5, 0.6) is 0 Å². The maximum absolute atomic E-state index is 12.6. The van der Waals surface area contributed by atoms with Crippen LogP contribution in [-0.2, 0) is 0 Å². The fourth-order valence-corrected chi connectivity index (χ4v) is 3.33. The van der Waals surface area contributed by atoms with Crippen LogP contribution in [0.2, 0.25) is 5.02 Å². The van der Waals surface area contributed by atoms with Gasteiger partial charge in [-0.3, -0.25) is 4.79 Å². The molecule has 22 heavy (non-hydrogen) atoms. The van der Waals surface area contributed by atoms with Crippen LogP contribution in [0, 0.1) is 18.3 Å².